The highest BCUT2D eigenvalue weighted by molar-refractivity contribution is 5.69. The Balaban J connectivity index is 1.99. The van der Waals surface area contributed by atoms with Crippen molar-refractivity contribution in [2.24, 2.45) is 11.8 Å². The van der Waals surface area contributed by atoms with Crippen molar-refractivity contribution in [3.05, 3.63) is 24.0 Å². The van der Waals surface area contributed by atoms with Crippen molar-refractivity contribution in [3.8, 4) is 0 Å². The number of fused-ring (bicyclic) bond motifs is 1. The molecular formula is C27H34O15. The Morgan fingerprint density at radius 1 is 0.690 bits per heavy atom. The molecule has 1 saturated heterocycles. The quantitative estimate of drug-likeness (QED) is 0.193. The van der Waals surface area contributed by atoms with E-state index in [4.69, 9.17) is 42.6 Å². The van der Waals surface area contributed by atoms with Crippen LogP contribution in [-0.4, -0.2) is 92.1 Å². The van der Waals surface area contributed by atoms with Crippen LogP contribution in [0.4, 0.5) is 0 Å². The van der Waals surface area contributed by atoms with Crippen molar-refractivity contribution < 1.29 is 71.4 Å². The zero-order chi connectivity index (χ0) is 31.1. The van der Waals surface area contributed by atoms with E-state index in [1.54, 1.807) is 12.2 Å². The second-order valence-corrected chi connectivity index (χ2v) is 9.74. The third-order valence-corrected chi connectivity index (χ3v) is 6.37. The maximum atomic E-state index is 12.1. The lowest BCUT2D eigenvalue weighted by molar-refractivity contribution is -0.342. The fraction of sp³-hybridized carbons (Fsp3) is 0.630. The van der Waals surface area contributed by atoms with Crippen molar-refractivity contribution in [1.82, 2.24) is 0 Å². The standard InChI is InChI=1S/C27H34O15/c1-12(28)35-10-18-9-20(37-14(3)30)19-7-8-34-26(22(18)19)42-27-25(40-17(6)33)24(39-16(5)32)23(38-15(4)31)21(41-27)11-36-13(2)29/h7-9,19-27H,10-11H2,1-6H3/t19-,20?,21+,22+,23+,24-,25+,26?,27-/m0/s1. The monoisotopic (exact) mass is 598 g/mol. The van der Waals surface area contributed by atoms with Gasteiger partial charge >= 0.3 is 35.8 Å². The van der Waals surface area contributed by atoms with Gasteiger partial charge in [-0.05, 0) is 17.7 Å². The molecule has 1 aliphatic carbocycles. The van der Waals surface area contributed by atoms with Gasteiger partial charge in [-0.2, -0.15) is 0 Å². The van der Waals surface area contributed by atoms with Crippen LogP contribution in [0, 0.1) is 11.8 Å². The molecule has 2 unspecified atom stereocenters. The summed E-state index contributed by atoms with van der Waals surface area (Å²) in [5.41, 5.74) is 0.515. The summed E-state index contributed by atoms with van der Waals surface area (Å²) in [6.45, 7) is 6.34. The fourth-order valence-electron chi connectivity index (χ4n) is 4.95. The van der Waals surface area contributed by atoms with E-state index in [1.807, 2.05) is 0 Å². The molecule has 0 spiro atoms. The summed E-state index contributed by atoms with van der Waals surface area (Å²) in [5.74, 6) is -5.31. The molecule has 0 aromatic rings. The molecule has 42 heavy (non-hydrogen) atoms. The summed E-state index contributed by atoms with van der Waals surface area (Å²) in [7, 11) is 0. The predicted molar refractivity (Wildman–Crippen MR) is 134 cm³/mol. The molecule has 0 saturated carbocycles. The van der Waals surface area contributed by atoms with E-state index < -0.39 is 97.4 Å². The average molecular weight is 599 g/mol. The first kappa shape index (κ1) is 32.5. The number of ether oxygens (including phenoxy) is 9. The molecule has 0 N–H and O–H groups in total. The number of rotatable bonds is 10. The zero-order valence-corrected chi connectivity index (χ0v) is 24.0. The molecule has 0 bridgehead atoms. The number of carbonyl (C=O) groups excluding carboxylic acids is 6. The first-order valence-corrected chi connectivity index (χ1v) is 13.1. The van der Waals surface area contributed by atoms with Crippen LogP contribution in [0.5, 0.6) is 0 Å². The molecule has 15 heteroatoms. The number of carbonyl (C=O) groups is 6. The predicted octanol–water partition coefficient (Wildman–Crippen LogP) is 0.623. The fourth-order valence-corrected chi connectivity index (χ4v) is 4.95. The van der Waals surface area contributed by atoms with Crippen molar-refractivity contribution in [3.63, 3.8) is 0 Å². The maximum absolute atomic E-state index is 12.1. The van der Waals surface area contributed by atoms with Crippen LogP contribution in [0.1, 0.15) is 41.5 Å². The lowest BCUT2D eigenvalue weighted by Gasteiger charge is -2.45. The van der Waals surface area contributed by atoms with Gasteiger partial charge in [0.1, 0.15) is 25.4 Å². The Labute approximate surface area is 241 Å². The first-order valence-electron chi connectivity index (χ1n) is 13.1. The maximum Gasteiger partial charge on any atom is 0.303 e. The molecule has 3 aliphatic rings. The highest BCUT2D eigenvalue weighted by atomic mass is 16.8. The van der Waals surface area contributed by atoms with Crippen LogP contribution in [0.2, 0.25) is 0 Å². The van der Waals surface area contributed by atoms with Crippen molar-refractivity contribution in [2.75, 3.05) is 13.2 Å². The van der Waals surface area contributed by atoms with Gasteiger partial charge in [0.25, 0.3) is 0 Å². The van der Waals surface area contributed by atoms with Gasteiger partial charge in [0.05, 0.1) is 12.2 Å². The molecule has 2 heterocycles. The van der Waals surface area contributed by atoms with Crippen molar-refractivity contribution >= 4 is 35.8 Å². The summed E-state index contributed by atoms with van der Waals surface area (Å²) in [5, 5.41) is 0. The van der Waals surface area contributed by atoms with Crippen LogP contribution < -0.4 is 0 Å². The minimum atomic E-state index is -1.52. The van der Waals surface area contributed by atoms with Crippen LogP contribution >= 0.6 is 0 Å². The summed E-state index contributed by atoms with van der Waals surface area (Å²) >= 11 is 0. The van der Waals surface area contributed by atoms with Crippen LogP contribution in [0.25, 0.3) is 0 Å². The number of hydrogen-bond acceptors (Lipinski definition) is 15. The molecule has 3 rings (SSSR count). The Bertz CT molecular complexity index is 1130. The van der Waals surface area contributed by atoms with Gasteiger partial charge < -0.3 is 42.6 Å². The second-order valence-electron chi connectivity index (χ2n) is 9.74. The lowest BCUT2D eigenvalue weighted by atomic mass is 9.88. The molecule has 0 aromatic heterocycles. The first-order chi connectivity index (χ1) is 19.8. The van der Waals surface area contributed by atoms with Crippen LogP contribution in [0.15, 0.2) is 24.0 Å². The third-order valence-electron chi connectivity index (χ3n) is 6.37. The van der Waals surface area contributed by atoms with E-state index in [0.29, 0.717) is 5.57 Å². The summed E-state index contributed by atoms with van der Waals surface area (Å²) in [4.78, 5) is 71.1. The Morgan fingerprint density at radius 3 is 1.83 bits per heavy atom. The van der Waals surface area contributed by atoms with Crippen molar-refractivity contribution in [1.29, 1.82) is 0 Å². The van der Waals surface area contributed by atoms with E-state index in [1.165, 1.54) is 20.1 Å². The molecular weight excluding hydrogens is 564 g/mol. The Kier molecular flexibility index (Phi) is 11.1. The number of hydrogen-bond donors (Lipinski definition) is 0. The lowest BCUT2D eigenvalue weighted by Crippen LogP contribution is -2.63. The van der Waals surface area contributed by atoms with E-state index >= 15 is 0 Å². The van der Waals surface area contributed by atoms with E-state index in [2.05, 4.69) is 0 Å². The van der Waals surface area contributed by atoms with Gasteiger partial charge in [0.2, 0.25) is 12.6 Å². The van der Waals surface area contributed by atoms with Gasteiger partial charge in [0, 0.05) is 47.5 Å². The smallest absolute Gasteiger partial charge is 0.303 e. The van der Waals surface area contributed by atoms with Gasteiger partial charge in [0.15, 0.2) is 18.3 Å². The topological polar surface area (TPSA) is 185 Å². The molecule has 2 aliphatic heterocycles. The largest absolute Gasteiger partial charge is 0.472 e. The molecule has 0 amide bonds. The molecule has 1 fully saturated rings. The Morgan fingerprint density at radius 2 is 1.26 bits per heavy atom. The highest BCUT2D eigenvalue weighted by Gasteiger charge is 2.55. The summed E-state index contributed by atoms with van der Waals surface area (Å²) in [6.07, 6.45) is -4.37. The van der Waals surface area contributed by atoms with Gasteiger partial charge in [-0.1, -0.05) is 0 Å². The van der Waals surface area contributed by atoms with E-state index in [-0.39, 0.29) is 6.61 Å². The number of esters is 6. The normalized spacial score (nSPS) is 31.4. The van der Waals surface area contributed by atoms with Gasteiger partial charge in [-0.25, -0.2) is 0 Å². The summed E-state index contributed by atoms with van der Waals surface area (Å²) in [6, 6.07) is 0. The van der Waals surface area contributed by atoms with E-state index in [0.717, 1.165) is 27.7 Å². The average Bonchev–Trinajstić information content (AvgIpc) is 3.22. The SMILES string of the molecule is CC(=O)OCC1=CC(OC(C)=O)[C@@H]2C=COC(O[C@@H]3O[C@H](COC(C)=O)[C@@H](OC(C)=O)[C@H](OC(C)=O)[C@H]3OC(C)=O)[C@H]12. The molecule has 15 nitrogen and oxygen atoms in total. The van der Waals surface area contributed by atoms with Gasteiger partial charge in [-0.3, -0.25) is 28.8 Å². The molecule has 0 radical (unpaired) electrons. The van der Waals surface area contributed by atoms with Crippen molar-refractivity contribution in [2.45, 2.75) is 84.6 Å². The van der Waals surface area contributed by atoms with Crippen LogP contribution in [-0.2, 0) is 71.4 Å². The minimum Gasteiger partial charge on any atom is -0.472 e. The second kappa shape index (κ2) is 14.3. The van der Waals surface area contributed by atoms with Gasteiger partial charge in [-0.15, -0.1) is 0 Å². The highest BCUT2D eigenvalue weighted by Crippen LogP contribution is 2.43. The minimum absolute atomic E-state index is 0.163. The molecule has 0 aromatic carbocycles. The molecule has 232 valence electrons. The third kappa shape index (κ3) is 8.52. The Hall–Kier alpha value is -3.98. The van der Waals surface area contributed by atoms with E-state index in [9.17, 15) is 28.8 Å². The van der Waals surface area contributed by atoms with Crippen LogP contribution in [0.3, 0.4) is 0 Å². The zero-order valence-electron chi connectivity index (χ0n) is 24.0. The summed E-state index contributed by atoms with van der Waals surface area (Å²) < 4.78 is 49.9. The molecule has 9 atom stereocenters.